The van der Waals surface area contributed by atoms with Gasteiger partial charge in [-0.3, -0.25) is 0 Å². The predicted octanol–water partition coefficient (Wildman–Crippen LogP) is 0.641. The van der Waals surface area contributed by atoms with Crippen LogP contribution in [0.2, 0.25) is 6.04 Å². The molecule has 0 saturated heterocycles. The average Bonchev–Trinajstić information content (AvgIpc) is 1.61. The SMILES string of the molecule is N#CCC[SiH2]Cl. The van der Waals surface area contributed by atoms with E-state index >= 15 is 0 Å². The summed E-state index contributed by atoms with van der Waals surface area (Å²) in [5.41, 5.74) is 0. The molecule has 0 radical (unpaired) electrons. The van der Waals surface area contributed by atoms with Gasteiger partial charge in [-0.05, 0) is 6.04 Å². The van der Waals surface area contributed by atoms with E-state index in [1.165, 1.54) is 0 Å². The van der Waals surface area contributed by atoms with Crippen LogP contribution in [-0.2, 0) is 0 Å². The Hall–Kier alpha value is -0.00312. The van der Waals surface area contributed by atoms with E-state index in [0.29, 0.717) is 6.42 Å². The van der Waals surface area contributed by atoms with Crippen LogP contribution in [0.1, 0.15) is 6.42 Å². The molecule has 0 spiro atoms. The van der Waals surface area contributed by atoms with Gasteiger partial charge < -0.3 is 0 Å². The molecule has 0 amide bonds. The average molecular weight is 120 g/mol. The van der Waals surface area contributed by atoms with E-state index < -0.39 is 0 Å². The van der Waals surface area contributed by atoms with Crippen molar-refractivity contribution >= 4 is 19.9 Å². The quantitative estimate of drug-likeness (QED) is 0.297. The number of nitrogens with zero attached hydrogens (tertiary/aromatic N) is 1. The lowest BCUT2D eigenvalue weighted by atomic mass is 10.6. The molecule has 6 heavy (non-hydrogen) atoms. The minimum Gasteiger partial charge on any atom is -0.198 e. The molecule has 0 aliphatic heterocycles. The van der Waals surface area contributed by atoms with Gasteiger partial charge in [0.25, 0.3) is 0 Å². The van der Waals surface area contributed by atoms with Gasteiger partial charge in [0.2, 0.25) is 0 Å². The van der Waals surface area contributed by atoms with Gasteiger partial charge in [-0.1, -0.05) is 0 Å². The van der Waals surface area contributed by atoms with Crippen molar-refractivity contribution in [3.63, 3.8) is 0 Å². The normalized spacial score (nSPS) is 9.33. The van der Waals surface area contributed by atoms with Crippen molar-refractivity contribution in [2.45, 2.75) is 12.5 Å². The molecular formula is C3H6ClNSi. The van der Waals surface area contributed by atoms with Crippen molar-refractivity contribution in [2.75, 3.05) is 0 Å². The summed E-state index contributed by atoms with van der Waals surface area (Å²) in [6, 6.07) is 2.98. The second-order valence-electron chi connectivity index (χ2n) is 0.951. The maximum absolute atomic E-state index is 7.91. The van der Waals surface area contributed by atoms with Gasteiger partial charge in [0.05, 0.1) is 6.07 Å². The lowest BCUT2D eigenvalue weighted by Crippen LogP contribution is -1.71. The molecule has 1 nitrogen and oxygen atoms in total. The molecule has 0 atom stereocenters. The topological polar surface area (TPSA) is 23.8 Å². The number of hydrogen-bond acceptors (Lipinski definition) is 1. The summed E-state index contributed by atoms with van der Waals surface area (Å²) in [5, 5.41) is 7.91. The molecule has 0 aromatic carbocycles. The highest BCUT2D eigenvalue weighted by molar-refractivity contribution is 6.93. The maximum atomic E-state index is 7.91. The highest BCUT2D eigenvalue weighted by Gasteiger charge is 1.77. The lowest BCUT2D eigenvalue weighted by Gasteiger charge is -1.73. The third kappa shape index (κ3) is 4.00. The Labute approximate surface area is 44.4 Å². The Balaban J connectivity index is 2.54. The summed E-state index contributed by atoms with van der Waals surface area (Å²) in [6.07, 6.45) is 0.649. The second-order valence-corrected chi connectivity index (χ2v) is 3.17. The fraction of sp³-hybridized carbons (Fsp3) is 0.667. The molecule has 0 rings (SSSR count). The van der Waals surface area contributed by atoms with Gasteiger partial charge in [-0.15, -0.1) is 0 Å². The molecule has 0 unspecified atom stereocenters. The standard InChI is InChI=1S/C3H6ClNSi/c4-6-3-1-2-5/h1,3,6H2. The number of rotatable bonds is 2. The Morgan fingerprint density at radius 2 is 2.50 bits per heavy atom. The van der Waals surface area contributed by atoms with Gasteiger partial charge in [0.15, 0.2) is 0 Å². The van der Waals surface area contributed by atoms with Crippen LogP contribution in [0.5, 0.6) is 0 Å². The number of nitriles is 1. The van der Waals surface area contributed by atoms with Gasteiger partial charge >= 0.3 is 0 Å². The largest absolute Gasteiger partial charge is 0.198 e. The summed E-state index contributed by atoms with van der Waals surface area (Å²) in [7, 11) is -0.347. The molecule has 3 heteroatoms. The summed E-state index contributed by atoms with van der Waals surface area (Å²) in [4.78, 5) is 0. The highest BCUT2D eigenvalue weighted by atomic mass is 35.6. The molecule has 0 heterocycles. The molecule has 0 aliphatic rings. The molecule has 0 aromatic rings. The lowest BCUT2D eigenvalue weighted by molar-refractivity contribution is 1.21. The maximum Gasteiger partial charge on any atom is 0.126 e. The van der Waals surface area contributed by atoms with Crippen molar-refractivity contribution < 1.29 is 0 Å². The van der Waals surface area contributed by atoms with Crippen molar-refractivity contribution in [2.24, 2.45) is 0 Å². The van der Waals surface area contributed by atoms with Crippen LogP contribution in [0, 0.1) is 11.3 Å². The van der Waals surface area contributed by atoms with Crippen LogP contribution >= 0.6 is 11.1 Å². The summed E-state index contributed by atoms with van der Waals surface area (Å²) in [6.45, 7) is 0. The molecule has 0 aromatic heterocycles. The second kappa shape index (κ2) is 5.00. The van der Waals surface area contributed by atoms with Gasteiger partial charge in [0.1, 0.15) is 8.83 Å². The molecular weight excluding hydrogens is 114 g/mol. The minimum absolute atomic E-state index is 0.347. The van der Waals surface area contributed by atoms with Crippen molar-refractivity contribution in [1.82, 2.24) is 0 Å². The molecule has 0 saturated carbocycles. The van der Waals surface area contributed by atoms with E-state index in [0.717, 1.165) is 6.04 Å². The van der Waals surface area contributed by atoms with E-state index in [2.05, 4.69) is 0 Å². The first-order chi connectivity index (χ1) is 2.91. The van der Waals surface area contributed by atoms with Crippen LogP contribution in [0.15, 0.2) is 0 Å². The van der Waals surface area contributed by atoms with Gasteiger partial charge in [-0.25, -0.2) is 0 Å². The first-order valence-electron chi connectivity index (χ1n) is 1.84. The van der Waals surface area contributed by atoms with Crippen LogP contribution < -0.4 is 0 Å². The first-order valence-corrected chi connectivity index (χ1v) is 4.98. The zero-order valence-electron chi connectivity index (χ0n) is 3.45. The third-order valence-electron chi connectivity index (χ3n) is 0.422. The molecule has 0 aliphatic carbocycles. The van der Waals surface area contributed by atoms with Crippen LogP contribution in [0.4, 0.5) is 0 Å². The Kier molecular flexibility index (Phi) is 4.99. The van der Waals surface area contributed by atoms with E-state index in [9.17, 15) is 0 Å². The van der Waals surface area contributed by atoms with Crippen molar-refractivity contribution in [1.29, 1.82) is 5.26 Å². The van der Waals surface area contributed by atoms with E-state index in [-0.39, 0.29) is 8.83 Å². The zero-order chi connectivity index (χ0) is 4.83. The molecule has 34 valence electrons. The number of hydrogen-bond donors (Lipinski definition) is 0. The fourth-order valence-electron chi connectivity index (χ4n) is 0.146. The molecule has 0 N–H and O–H groups in total. The van der Waals surface area contributed by atoms with Crippen LogP contribution in [0.25, 0.3) is 0 Å². The van der Waals surface area contributed by atoms with Gasteiger partial charge in [-0.2, -0.15) is 16.3 Å². The molecule has 0 bridgehead atoms. The van der Waals surface area contributed by atoms with Crippen molar-refractivity contribution in [3.05, 3.63) is 0 Å². The predicted molar refractivity (Wildman–Crippen MR) is 29.4 cm³/mol. The molecule has 0 fully saturated rings. The highest BCUT2D eigenvalue weighted by Crippen LogP contribution is 1.85. The Morgan fingerprint density at radius 3 is 2.67 bits per heavy atom. The Morgan fingerprint density at radius 1 is 1.83 bits per heavy atom. The Bertz CT molecular complexity index is 58.3. The third-order valence-corrected chi connectivity index (χ3v) is 1.84. The first kappa shape index (κ1) is 6.00. The summed E-state index contributed by atoms with van der Waals surface area (Å²) in [5.74, 6) is 0. The van der Waals surface area contributed by atoms with Gasteiger partial charge in [0, 0.05) is 6.42 Å². The van der Waals surface area contributed by atoms with E-state index in [1.54, 1.807) is 0 Å². The summed E-state index contributed by atoms with van der Waals surface area (Å²) >= 11 is 5.37. The van der Waals surface area contributed by atoms with Crippen LogP contribution in [-0.4, -0.2) is 8.83 Å². The van der Waals surface area contributed by atoms with E-state index in [4.69, 9.17) is 16.3 Å². The fourth-order valence-corrected chi connectivity index (χ4v) is 0.839. The minimum atomic E-state index is -0.347. The monoisotopic (exact) mass is 119 g/mol. The smallest absolute Gasteiger partial charge is 0.126 e. The zero-order valence-corrected chi connectivity index (χ0v) is 5.62. The van der Waals surface area contributed by atoms with Crippen LogP contribution in [0.3, 0.4) is 0 Å². The number of halogens is 1. The van der Waals surface area contributed by atoms with Crippen molar-refractivity contribution in [3.8, 4) is 6.07 Å². The van der Waals surface area contributed by atoms with E-state index in [1.807, 2.05) is 6.07 Å². The summed E-state index contributed by atoms with van der Waals surface area (Å²) < 4.78 is 0.